The first-order chi connectivity index (χ1) is 11.3. The molecule has 0 bridgehead atoms. The molecule has 1 aliphatic heterocycles. The maximum absolute atomic E-state index is 6.07. The fourth-order valence-corrected chi connectivity index (χ4v) is 3.41. The van der Waals surface area contributed by atoms with Crippen molar-refractivity contribution in [3.8, 4) is 5.88 Å². The standard InChI is InChI=1S/C20H26N2O/c1-16(2)22-14-7-6-12-19(22)18-11-8-13-21-20(18)23-15-17-9-4-3-5-10-17/h3-5,8-11,13,16,19H,6-7,12,14-15H2,1-2H3/t19-/m0/s1. The van der Waals surface area contributed by atoms with Gasteiger partial charge in [-0.25, -0.2) is 4.98 Å². The number of nitrogens with zero attached hydrogens (tertiary/aromatic N) is 2. The van der Waals surface area contributed by atoms with Gasteiger partial charge in [0.25, 0.3) is 0 Å². The van der Waals surface area contributed by atoms with Gasteiger partial charge in [0.15, 0.2) is 0 Å². The van der Waals surface area contributed by atoms with Crippen molar-refractivity contribution in [2.24, 2.45) is 0 Å². The third-order valence-electron chi connectivity index (χ3n) is 4.59. The van der Waals surface area contributed by atoms with E-state index in [0.29, 0.717) is 18.7 Å². The third-order valence-corrected chi connectivity index (χ3v) is 4.59. The highest BCUT2D eigenvalue weighted by molar-refractivity contribution is 5.30. The number of ether oxygens (including phenoxy) is 1. The second-order valence-corrected chi connectivity index (χ2v) is 6.52. The first-order valence-electron chi connectivity index (χ1n) is 8.63. The SMILES string of the molecule is CC(C)N1CCCC[C@H]1c1cccnc1OCc1ccccc1. The van der Waals surface area contributed by atoms with E-state index >= 15 is 0 Å². The molecule has 2 heterocycles. The zero-order valence-electron chi connectivity index (χ0n) is 14.1. The molecule has 0 amide bonds. The zero-order chi connectivity index (χ0) is 16.1. The smallest absolute Gasteiger partial charge is 0.218 e. The summed E-state index contributed by atoms with van der Waals surface area (Å²) in [5.74, 6) is 0.786. The molecule has 23 heavy (non-hydrogen) atoms. The summed E-state index contributed by atoms with van der Waals surface area (Å²) in [6.45, 7) is 6.28. The van der Waals surface area contributed by atoms with Crippen LogP contribution in [0.4, 0.5) is 0 Å². The molecule has 1 saturated heterocycles. The van der Waals surface area contributed by atoms with Gasteiger partial charge in [-0.2, -0.15) is 0 Å². The Balaban J connectivity index is 1.79. The van der Waals surface area contributed by atoms with Gasteiger partial charge >= 0.3 is 0 Å². The van der Waals surface area contributed by atoms with Crippen LogP contribution in [0.2, 0.25) is 0 Å². The Morgan fingerprint density at radius 2 is 1.96 bits per heavy atom. The molecule has 1 aromatic heterocycles. The lowest BCUT2D eigenvalue weighted by atomic mass is 9.94. The summed E-state index contributed by atoms with van der Waals surface area (Å²) in [5.41, 5.74) is 2.41. The molecule has 2 aromatic rings. The number of aromatic nitrogens is 1. The molecule has 0 unspecified atom stereocenters. The molecule has 3 rings (SSSR count). The summed E-state index contributed by atoms with van der Waals surface area (Å²) in [6, 6.07) is 15.5. The molecule has 0 radical (unpaired) electrons. The van der Waals surface area contributed by atoms with Gasteiger partial charge in [-0.1, -0.05) is 42.8 Å². The van der Waals surface area contributed by atoms with E-state index in [1.54, 1.807) is 0 Å². The van der Waals surface area contributed by atoms with Crippen molar-refractivity contribution in [2.45, 2.75) is 51.8 Å². The van der Waals surface area contributed by atoms with E-state index in [9.17, 15) is 0 Å². The van der Waals surface area contributed by atoms with Crippen molar-refractivity contribution in [3.63, 3.8) is 0 Å². The van der Waals surface area contributed by atoms with Crippen LogP contribution >= 0.6 is 0 Å². The second-order valence-electron chi connectivity index (χ2n) is 6.52. The van der Waals surface area contributed by atoms with E-state index < -0.39 is 0 Å². The van der Waals surface area contributed by atoms with Gasteiger partial charge in [-0.15, -0.1) is 0 Å². The van der Waals surface area contributed by atoms with Crippen molar-refractivity contribution >= 4 is 0 Å². The van der Waals surface area contributed by atoms with Crippen LogP contribution < -0.4 is 4.74 Å². The van der Waals surface area contributed by atoms with Crippen LogP contribution in [0.15, 0.2) is 48.7 Å². The maximum atomic E-state index is 6.07. The van der Waals surface area contributed by atoms with Gasteiger partial charge in [0.05, 0.1) is 0 Å². The Morgan fingerprint density at radius 1 is 1.13 bits per heavy atom. The van der Waals surface area contributed by atoms with Crippen molar-refractivity contribution in [1.29, 1.82) is 0 Å². The fraction of sp³-hybridized carbons (Fsp3) is 0.450. The highest BCUT2D eigenvalue weighted by Crippen LogP contribution is 2.36. The van der Waals surface area contributed by atoms with Gasteiger partial charge in [-0.3, -0.25) is 4.90 Å². The predicted molar refractivity (Wildman–Crippen MR) is 93.4 cm³/mol. The van der Waals surface area contributed by atoms with Crippen LogP contribution in [0.3, 0.4) is 0 Å². The molecule has 3 heteroatoms. The molecule has 1 aliphatic rings. The largest absolute Gasteiger partial charge is 0.473 e. The molecule has 0 aliphatic carbocycles. The molecule has 0 spiro atoms. The van der Waals surface area contributed by atoms with Crippen LogP contribution in [-0.4, -0.2) is 22.5 Å². The molecule has 122 valence electrons. The molecule has 1 atom stereocenters. The topological polar surface area (TPSA) is 25.4 Å². The first-order valence-corrected chi connectivity index (χ1v) is 8.63. The highest BCUT2D eigenvalue weighted by Gasteiger charge is 2.28. The monoisotopic (exact) mass is 310 g/mol. The van der Waals surface area contributed by atoms with E-state index in [4.69, 9.17) is 4.74 Å². The summed E-state index contributed by atoms with van der Waals surface area (Å²) in [5, 5.41) is 0. The first kappa shape index (κ1) is 16.0. The van der Waals surface area contributed by atoms with Crippen LogP contribution in [0.25, 0.3) is 0 Å². The van der Waals surface area contributed by atoms with Crippen LogP contribution in [0.5, 0.6) is 5.88 Å². The molecule has 0 N–H and O–H groups in total. The lowest BCUT2D eigenvalue weighted by molar-refractivity contribution is 0.108. The van der Waals surface area contributed by atoms with Gasteiger partial charge in [0, 0.05) is 23.8 Å². The lowest BCUT2D eigenvalue weighted by Crippen LogP contribution is -2.38. The molecule has 0 saturated carbocycles. The summed E-state index contributed by atoms with van der Waals surface area (Å²) < 4.78 is 6.07. The fourth-order valence-electron chi connectivity index (χ4n) is 3.41. The minimum Gasteiger partial charge on any atom is -0.473 e. The van der Waals surface area contributed by atoms with Crippen molar-refractivity contribution < 1.29 is 4.74 Å². The third kappa shape index (κ3) is 3.91. The van der Waals surface area contributed by atoms with Crippen molar-refractivity contribution in [3.05, 3.63) is 59.8 Å². The summed E-state index contributed by atoms with van der Waals surface area (Å²) in [7, 11) is 0. The molecule has 3 nitrogen and oxygen atoms in total. The number of hydrogen-bond acceptors (Lipinski definition) is 3. The summed E-state index contributed by atoms with van der Waals surface area (Å²) in [4.78, 5) is 7.09. The minimum absolute atomic E-state index is 0.420. The predicted octanol–water partition coefficient (Wildman–Crippen LogP) is 4.60. The molecular formula is C20H26N2O. The van der Waals surface area contributed by atoms with Crippen LogP contribution in [0.1, 0.15) is 50.3 Å². The van der Waals surface area contributed by atoms with E-state index in [0.717, 1.165) is 12.4 Å². The highest BCUT2D eigenvalue weighted by atomic mass is 16.5. The summed E-state index contributed by atoms with van der Waals surface area (Å²) >= 11 is 0. The van der Waals surface area contributed by atoms with Crippen LogP contribution in [-0.2, 0) is 6.61 Å². The molecule has 1 aromatic carbocycles. The normalized spacial score (nSPS) is 19.0. The van der Waals surface area contributed by atoms with E-state index in [1.807, 2.05) is 30.5 Å². The van der Waals surface area contributed by atoms with E-state index in [2.05, 4.69) is 41.9 Å². The average Bonchev–Trinajstić information content (AvgIpc) is 2.61. The van der Waals surface area contributed by atoms with Gasteiger partial charge < -0.3 is 4.74 Å². The van der Waals surface area contributed by atoms with Crippen molar-refractivity contribution in [1.82, 2.24) is 9.88 Å². The number of hydrogen-bond donors (Lipinski definition) is 0. The average molecular weight is 310 g/mol. The van der Waals surface area contributed by atoms with Gasteiger partial charge in [-0.05, 0) is 44.9 Å². The van der Waals surface area contributed by atoms with Crippen LogP contribution in [0, 0.1) is 0 Å². The number of pyridine rings is 1. The Kier molecular flexibility index (Phi) is 5.29. The quantitative estimate of drug-likeness (QED) is 0.807. The minimum atomic E-state index is 0.420. The molecule has 1 fully saturated rings. The number of likely N-dealkylation sites (tertiary alicyclic amines) is 1. The summed E-state index contributed by atoms with van der Waals surface area (Å²) in [6.07, 6.45) is 5.58. The Bertz CT molecular complexity index is 612. The van der Waals surface area contributed by atoms with Crippen molar-refractivity contribution in [2.75, 3.05) is 6.54 Å². The number of piperidine rings is 1. The van der Waals surface area contributed by atoms with E-state index in [-0.39, 0.29) is 0 Å². The van der Waals surface area contributed by atoms with Gasteiger partial charge in [0.1, 0.15) is 6.61 Å². The lowest BCUT2D eigenvalue weighted by Gasteiger charge is -2.39. The zero-order valence-corrected chi connectivity index (χ0v) is 14.1. The molecular weight excluding hydrogens is 284 g/mol. The maximum Gasteiger partial charge on any atom is 0.218 e. The number of rotatable bonds is 5. The van der Waals surface area contributed by atoms with Gasteiger partial charge in [0.2, 0.25) is 5.88 Å². The van der Waals surface area contributed by atoms with E-state index in [1.165, 1.54) is 30.4 Å². The Hall–Kier alpha value is -1.87. The second kappa shape index (κ2) is 7.60. The Labute approximate surface area is 139 Å². The Morgan fingerprint density at radius 3 is 2.74 bits per heavy atom. The number of benzene rings is 1.